The highest BCUT2D eigenvalue weighted by Gasteiger charge is 2.58. The maximum atomic E-state index is 14.9. The predicted molar refractivity (Wildman–Crippen MR) is 233 cm³/mol. The average molecular weight is 853 g/mol. The maximum Gasteiger partial charge on any atom is 0.374 e. The molecule has 10 nitrogen and oxygen atoms in total. The number of esters is 2. The summed E-state index contributed by atoms with van der Waals surface area (Å²) in [6, 6.07) is 11.4. The topological polar surface area (TPSA) is 108 Å². The highest BCUT2D eigenvalue weighted by atomic mass is 28.4. The van der Waals surface area contributed by atoms with Crippen LogP contribution in [0.25, 0.3) is 0 Å². The molecule has 56 heavy (non-hydrogen) atoms. The van der Waals surface area contributed by atoms with Crippen LogP contribution in [-0.2, 0) is 45.2 Å². The van der Waals surface area contributed by atoms with Crippen molar-refractivity contribution in [1.82, 2.24) is 0 Å². The van der Waals surface area contributed by atoms with Crippen LogP contribution in [0, 0.1) is 0 Å². The molecule has 0 fully saturated rings. The van der Waals surface area contributed by atoms with Gasteiger partial charge in [-0.15, -0.1) is 0 Å². The van der Waals surface area contributed by atoms with E-state index in [2.05, 4.69) is 78.6 Å². The number of ether oxygens (including phenoxy) is 3. The van der Waals surface area contributed by atoms with E-state index in [4.69, 9.17) is 36.3 Å². The second-order valence-electron chi connectivity index (χ2n) is 19.4. The number of cyclic esters (lactones) is 1. The van der Waals surface area contributed by atoms with Gasteiger partial charge in [-0.05, 0) is 146 Å². The van der Waals surface area contributed by atoms with Gasteiger partial charge in [-0.1, -0.05) is 12.1 Å². The Bertz CT molecular complexity index is 2000. The summed E-state index contributed by atoms with van der Waals surface area (Å²) in [6.07, 6.45) is 5.74. The Balaban J connectivity index is 1.75. The van der Waals surface area contributed by atoms with Gasteiger partial charge in [0.05, 0.1) is 24.0 Å². The van der Waals surface area contributed by atoms with Crippen LogP contribution in [0.4, 0.5) is 0 Å². The second kappa shape index (κ2) is 15.5. The first kappa shape index (κ1) is 43.3. The fourth-order valence-corrected chi connectivity index (χ4v) is 9.99. The molecule has 1 atom stereocenters. The summed E-state index contributed by atoms with van der Waals surface area (Å²) in [7, 11) is -10.9. The lowest BCUT2D eigenvalue weighted by Crippen LogP contribution is -2.46. The SMILES string of the molecule is C[Si](C)(C)O/C=C1\C(O[Si](C)(C)C)=CC=C1C1=C(O[Si](C)(C)C)C(=O)O[C@]12Cc1ccc(O[Si](C)(C)C)c(c1)Oc1cc(ccc1O[Si](C)(C)C)CCOC2=O. The lowest BCUT2D eigenvalue weighted by molar-refractivity contribution is -0.172. The number of fused-ring (bicyclic) bond motifs is 4. The smallest absolute Gasteiger partial charge is 0.374 e. The molecule has 5 rings (SSSR count). The van der Waals surface area contributed by atoms with Crippen molar-refractivity contribution in [3.8, 4) is 23.0 Å². The van der Waals surface area contributed by atoms with Gasteiger partial charge >= 0.3 is 11.9 Å². The maximum absolute atomic E-state index is 14.9. The number of allylic oxidation sites excluding steroid dienone is 3. The molecule has 304 valence electrons. The number of rotatable bonds is 11. The Hall–Kier alpha value is -3.78. The Morgan fingerprint density at radius 2 is 1.18 bits per heavy atom. The molecule has 15 heteroatoms. The first-order valence-corrected chi connectivity index (χ1v) is 36.3. The van der Waals surface area contributed by atoms with Gasteiger partial charge in [0.1, 0.15) is 17.3 Å². The number of carbonyl (C=O) groups excluding carboxylic acids is 2. The lowest BCUT2D eigenvalue weighted by atomic mass is 9.81. The van der Waals surface area contributed by atoms with E-state index in [-0.39, 0.29) is 24.4 Å². The molecule has 0 unspecified atom stereocenters. The molecule has 4 bridgehead atoms. The molecule has 0 saturated carbocycles. The third-order valence-electron chi connectivity index (χ3n) is 8.14. The van der Waals surface area contributed by atoms with Gasteiger partial charge in [0, 0.05) is 18.4 Å². The van der Waals surface area contributed by atoms with Crippen LogP contribution in [0.15, 0.2) is 83.0 Å². The van der Waals surface area contributed by atoms with E-state index >= 15 is 0 Å². The molecule has 0 aromatic heterocycles. The van der Waals surface area contributed by atoms with Gasteiger partial charge in [0.25, 0.3) is 0 Å². The summed E-state index contributed by atoms with van der Waals surface area (Å²) in [5.41, 5.74) is 1.04. The van der Waals surface area contributed by atoms with Crippen molar-refractivity contribution in [2.45, 2.75) is 117 Å². The average Bonchev–Trinajstić information content (AvgIpc) is 3.51. The highest BCUT2D eigenvalue weighted by molar-refractivity contribution is 6.71. The first-order chi connectivity index (χ1) is 25.6. The van der Waals surface area contributed by atoms with Crippen molar-refractivity contribution in [2.75, 3.05) is 6.61 Å². The molecule has 2 aromatic carbocycles. The molecular formula is C41H60O10Si5. The normalized spacial score (nSPS) is 20.2. The Morgan fingerprint density at radius 3 is 1.71 bits per heavy atom. The van der Waals surface area contributed by atoms with E-state index in [1.54, 1.807) is 6.26 Å². The van der Waals surface area contributed by atoms with E-state index in [0.717, 1.165) is 5.56 Å². The fourth-order valence-electron chi connectivity index (χ4n) is 6.23. The van der Waals surface area contributed by atoms with Crippen LogP contribution in [0.5, 0.6) is 23.0 Å². The fraction of sp³-hybridized carbons (Fsp3) is 0.463. The molecule has 0 N–H and O–H groups in total. The van der Waals surface area contributed by atoms with Crippen molar-refractivity contribution >= 4 is 53.5 Å². The standard InChI is InChI=1S/C41H60O10Si5/c1-52(2,3)45-27-31-30(18-21-32(31)48-53(4,5)6)37-38(51-56(13,14)15)39(42)47-41(37)26-29-17-20-34(50-55(10,11)12)36(25-29)46-35-24-28(22-23-44-40(41)43)16-19-33(35)49-54(7,8)9/h16-21,24-25,27H,22-23,26H2,1-15H3/b31-27-/t41-/m1/s1. The van der Waals surface area contributed by atoms with Gasteiger partial charge in [0.2, 0.25) is 47.2 Å². The van der Waals surface area contributed by atoms with Crippen LogP contribution >= 0.6 is 0 Å². The quantitative estimate of drug-likeness (QED) is 0.123. The minimum absolute atomic E-state index is 0.00630. The van der Waals surface area contributed by atoms with Crippen molar-refractivity contribution in [1.29, 1.82) is 0 Å². The zero-order chi connectivity index (χ0) is 41.6. The first-order valence-electron chi connectivity index (χ1n) is 19.3. The van der Waals surface area contributed by atoms with E-state index in [1.807, 2.05) is 68.2 Å². The third kappa shape index (κ3) is 11.0. The lowest BCUT2D eigenvalue weighted by Gasteiger charge is -2.31. The molecule has 2 aromatic rings. The van der Waals surface area contributed by atoms with Crippen molar-refractivity contribution < 1.29 is 45.9 Å². The monoisotopic (exact) mass is 852 g/mol. The Kier molecular flexibility index (Phi) is 12.0. The molecule has 3 aliphatic rings. The molecule has 0 amide bonds. The molecule has 0 radical (unpaired) electrons. The van der Waals surface area contributed by atoms with Crippen LogP contribution in [0.2, 0.25) is 98.2 Å². The number of hydrogen-bond donors (Lipinski definition) is 0. The van der Waals surface area contributed by atoms with Gasteiger partial charge in [-0.2, -0.15) is 0 Å². The van der Waals surface area contributed by atoms with Crippen LogP contribution in [-0.4, -0.2) is 65.7 Å². The van der Waals surface area contributed by atoms with E-state index in [9.17, 15) is 9.59 Å². The minimum Gasteiger partial charge on any atom is -0.549 e. The van der Waals surface area contributed by atoms with Gasteiger partial charge in [-0.25, -0.2) is 9.59 Å². The molecule has 1 aliphatic carbocycles. The van der Waals surface area contributed by atoms with E-state index in [0.29, 0.717) is 51.9 Å². The Labute approximate surface area is 338 Å². The second-order valence-corrected chi connectivity index (χ2v) is 41.6. The van der Waals surface area contributed by atoms with Gasteiger partial charge in [-0.3, -0.25) is 0 Å². The highest BCUT2D eigenvalue weighted by Crippen LogP contribution is 2.49. The molecule has 1 spiro atoms. The zero-order valence-electron chi connectivity index (χ0n) is 35.9. The Morgan fingerprint density at radius 1 is 0.643 bits per heavy atom. The molecule has 2 aliphatic heterocycles. The number of hydrogen-bond acceptors (Lipinski definition) is 10. The predicted octanol–water partition coefficient (Wildman–Crippen LogP) is 10.4. The van der Waals surface area contributed by atoms with Crippen LogP contribution in [0.3, 0.4) is 0 Å². The summed E-state index contributed by atoms with van der Waals surface area (Å²) >= 11 is 0. The molecular weight excluding hydrogens is 793 g/mol. The molecule has 0 saturated heterocycles. The zero-order valence-corrected chi connectivity index (χ0v) is 40.9. The van der Waals surface area contributed by atoms with E-state index < -0.39 is 59.1 Å². The van der Waals surface area contributed by atoms with E-state index in [1.165, 1.54) is 0 Å². The number of carbonyl (C=O) groups is 2. The summed E-state index contributed by atoms with van der Waals surface area (Å²) in [6.45, 7) is 31.2. The van der Waals surface area contributed by atoms with Crippen molar-refractivity contribution in [3.05, 3.63) is 94.2 Å². The largest absolute Gasteiger partial charge is 0.549 e. The molecule has 2 heterocycles. The van der Waals surface area contributed by atoms with Crippen LogP contribution < -0.4 is 13.6 Å². The third-order valence-corrected chi connectivity index (χ3v) is 12.3. The van der Waals surface area contributed by atoms with Crippen LogP contribution in [0.1, 0.15) is 11.1 Å². The minimum atomic E-state index is -2.46. The summed E-state index contributed by atoms with van der Waals surface area (Å²) in [4.78, 5) is 29.2. The van der Waals surface area contributed by atoms with Gasteiger partial charge in [0.15, 0.2) is 17.3 Å². The summed E-state index contributed by atoms with van der Waals surface area (Å²) in [5, 5.41) is 0. The van der Waals surface area contributed by atoms with Crippen molar-refractivity contribution in [3.63, 3.8) is 0 Å². The summed E-state index contributed by atoms with van der Waals surface area (Å²) in [5.74, 6) is 1.34. The van der Waals surface area contributed by atoms with Gasteiger partial charge < -0.3 is 36.3 Å². The van der Waals surface area contributed by atoms with Crippen molar-refractivity contribution in [2.24, 2.45) is 0 Å². The summed E-state index contributed by atoms with van der Waals surface area (Å²) < 4.78 is 51.9. The number of benzene rings is 2.